The molecule has 0 aliphatic carbocycles. The Kier molecular flexibility index (Phi) is 6.50. The summed E-state index contributed by atoms with van der Waals surface area (Å²) in [5.74, 6) is 0. The van der Waals surface area contributed by atoms with Gasteiger partial charge in [-0.25, -0.2) is 4.68 Å². The molecule has 1 atom stereocenters. The van der Waals surface area contributed by atoms with Crippen LogP contribution in [0.1, 0.15) is 54.0 Å². The van der Waals surface area contributed by atoms with Crippen LogP contribution in [0.25, 0.3) is 22.0 Å². The highest BCUT2D eigenvalue weighted by Crippen LogP contribution is 2.32. The fourth-order valence-electron chi connectivity index (χ4n) is 4.30. The van der Waals surface area contributed by atoms with E-state index in [0.29, 0.717) is 12.2 Å². The number of carbonyl (C=O) groups is 1. The summed E-state index contributed by atoms with van der Waals surface area (Å²) < 4.78 is 7.75. The van der Waals surface area contributed by atoms with Crippen molar-refractivity contribution in [2.24, 2.45) is 0 Å². The van der Waals surface area contributed by atoms with E-state index in [9.17, 15) is 9.82 Å². The molecule has 0 bridgehead atoms. The first kappa shape index (κ1) is 21.7. The molecule has 1 unspecified atom stereocenters. The largest absolute Gasteiger partial charge is 0.437 e. The lowest BCUT2D eigenvalue weighted by Crippen LogP contribution is -2.36. The number of ether oxygens (including phenoxy) is 1. The van der Waals surface area contributed by atoms with Crippen LogP contribution in [0.5, 0.6) is 0 Å². The van der Waals surface area contributed by atoms with Gasteiger partial charge < -0.3 is 14.6 Å². The van der Waals surface area contributed by atoms with Gasteiger partial charge in [0.25, 0.3) is 0 Å². The van der Waals surface area contributed by atoms with E-state index >= 15 is 0 Å². The fraction of sp³-hybridized carbons (Fsp3) is 0.435. The van der Waals surface area contributed by atoms with Crippen molar-refractivity contribution in [3.8, 4) is 11.1 Å². The first-order chi connectivity index (χ1) is 15.0. The van der Waals surface area contributed by atoms with Crippen LogP contribution >= 0.6 is 0 Å². The van der Waals surface area contributed by atoms with Gasteiger partial charge in [0.1, 0.15) is 5.69 Å². The van der Waals surface area contributed by atoms with E-state index in [1.165, 1.54) is 0 Å². The molecule has 1 aliphatic rings. The lowest BCUT2D eigenvalue weighted by Gasteiger charge is -2.23. The van der Waals surface area contributed by atoms with Crippen molar-refractivity contribution < 1.29 is 14.6 Å². The highest BCUT2D eigenvalue weighted by atomic mass is 16.5. The van der Waals surface area contributed by atoms with Gasteiger partial charge in [-0.15, -0.1) is 0 Å². The Balaban J connectivity index is 1.73. The minimum atomic E-state index is -0.521. The van der Waals surface area contributed by atoms with Crippen molar-refractivity contribution in [1.82, 2.24) is 19.6 Å². The van der Waals surface area contributed by atoms with Gasteiger partial charge >= 0.3 is 7.05 Å². The summed E-state index contributed by atoms with van der Waals surface area (Å²) in [6, 6.07) is 6.09. The number of pyridine rings is 1. The zero-order valence-corrected chi connectivity index (χ0v) is 18.4. The van der Waals surface area contributed by atoms with Gasteiger partial charge in [0, 0.05) is 36.5 Å². The molecule has 1 fully saturated rings. The molecule has 8 heteroatoms. The summed E-state index contributed by atoms with van der Waals surface area (Å²) in [7, 11) is -0.521. The van der Waals surface area contributed by atoms with Crippen LogP contribution in [0.15, 0.2) is 30.6 Å². The first-order valence-corrected chi connectivity index (χ1v) is 11.0. The van der Waals surface area contributed by atoms with Crippen molar-refractivity contribution in [3.05, 3.63) is 47.4 Å². The molecule has 0 saturated carbocycles. The number of nitrogens with zero attached hydrogens (tertiary/aromatic N) is 4. The second-order valence-corrected chi connectivity index (χ2v) is 8.17. The highest BCUT2D eigenvalue weighted by Gasteiger charge is 2.22. The molecule has 0 spiro atoms. The molecule has 1 aliphatic heterocycles. The monoisotopic (exact) mass is 420 g/mol. The molecule has 31 heavy (non-hydrogen) atoms. The average Bonchev–Trinajstić information content (AvgIpc) is 3.16. The minimum absolute atomic E-state index is 0.122. The first-order valence-electron chi connectivity index (χ1n) is 11.0. The predicted octanol–water partition coefficient (Wildman–Crippen LogP) is 3.85. The van der Waals surface area contributed by atoms with E-state index < -0.39 is 7.05 Å². The van der Waals surface area contributed by atoms with Gasteiger partial charge in [-0.3, -0.25) is 9.78 Å². The van der Waals surface area contributed by atoms with Gasteiger partial charge in [-0.05, 0) is 68.4 Å². The maximum atomic E-state index is 11.7. The van der Waals surface area contributed by atoms with E-state index in [1.807, 2.05) is 40.9 Å². The van der Waals surface area contributed by atoms with Gasteiger partial charge in [-0.1, -0.05) is 13.0 Å². The second-order valence-electron chi connectivity index (χ2n) is 8.17. The molecular formula is C23H29BN4O3. The van der Waals surface area contributed by atoms with Gasteiger partial charge in [0.2, 0.25) is 0 Å². The van der Waals surface area contributed by atoms with Gasteiger partial charge in [0.15, 0.2) is 12.5 Å². The zero-order valence-electron chi connectivity index (χ0n) is 18.4. The molecule has 1 aromatic carbocycles. The summed E-state index contributed by atoms with van der Waals surface area (Å²) in [6.07, 6.45) is 7.47. The molecule has 2 aromatic heterocycles. The number of hydrogen-bond donors (Lipinski definition) is 1. The summed E-state index contributed by atoms with van der Waals surface area (Å²) in [5.41, 5.74) is 5.53. The summed E-state index contributed by atoms with van der Waals surface area (Å²) in [5, 5.41) is 15.4. The molecule has 162 valence electrons. The Bertz CT molecular complexity index is 1080. The topological polar surface area (TPSA) is 80.5 Å². The number of aldehydes is 1. The number of aromatic nitrogens is 3. The van der Waals surface area contributed by atoms with E-state index in [0.717, 1.165) is 71.9 Å². The summed E-state index contributed by atoms with van der Waals surface area (Å²) in [6.45, 7) is 7.98. The van der Waals surface area contributed by atoms with Gasteiger partial charge in [-0.2, -0.15) is 5.10 Å². The molecule has 4 rings (SSSR count). The van der Waals surface area contributed by atoms with E-state index in [2.05, 4.69) is 23.1 Å². The molecule has 7 nitrogen and oxygen atoms in total. The Morgan fingerprint density at radius 1 is 1.35 bits per heavy atom. The fourth-order valence-corrected chi connectivity index (χ4v) is 4.30. The van der Waals surface area contributed by atoms with Crippen LogP contribution in [0.3, 0.4) is 0 Å². The van der Waals surface area contributed by atoms with E-state index in [-0.39, 0.29) is 6.23 Å². The van der Waals surface area contributed by atoms with Crippen molar-refractivity contribution in [2.75, 3.05) is 13.2 Å². The smallest absolute Gasteiger partial charge is 0.376 e. The molecule has 0 amide bonds. The number of carbonyl (C=O) groups excluding carboxylic acids is 1. The SMILES string of the molecule is CCN(Cc1cncc(-c2ccc3c(c2)c(C=O)nn3C2CCCCO2)c1C)B(C)O. The second kappa shape index (κ2) is 9.30. The lowest BCUT2D eigenvalue weighted by molar-refractivity contribution is -0.0367. The normalized spacial score (nSPS) is 16.7. The maximum absolute atomic E-state index is 11.7. The van der Waals surface area contributed by atoms with Crippen LogP contribution in [-0.2, 0) is 11.3 Å². The van der Waals surface area contributed by atoms with Crippen LogP contribution in [0.4, 0.5) is 0 Å². The van der Waals surface area contributed by atoms with Gasteiger partial charge in [0.05, 0.1) is 5.52 Å². The maximum Gasteiger partial charge on any atom is 0.376 e. The lowest BCUT2D eigenvalue weighted by atomic mass is 9.84. The van der Waals surface area contributed by atoms with E-state index in [1.54, 1.807) is 6.82 Å². The van der Waals surface area contributed by atoms with Crippen LogP contribution in [-0.4, -0.2) is 51.1 Å². The molecule has 1 saturated heterocycles. The molecule has 3 heterocycles. The summed E-state index contributed by atoms with van der Waals surface area (Å²) in [4.78, 5) is 18.2. The quantitative estimate of drug-likeness (QED) is 0.462. The van der Waals surface area contributed by atoms with Crippen LogP contribution in [0.2, 0.25) is 6.82 Å². The number of fused-ring (bicyclic) bond motifs is 1. The molecule has 1 N–H and O–H groups in total. The van der Waals surface area contributed by atoms with Crippen molar-refractivity contribution >= 4 is 24.2 Å². The Labute approximate surface area is 183 Å². The Hall–Kier alpha value is -2.55. The molecule has 0 radical (unpaired) electrons. The number of hydrogen-bond acceptors (Lipinski definition) is 6. The predicted molar refractivity (Wildman–Crippen MR) is 122 cm³/mol. The molecule has 3 aromatic rings. The van der Waals surface area contributed by atoms with Crippen LogP contribution < -0.4 is 0 Å². The third kappa shape index (κ3) is 4.28. The number of rotatable bonds is 7. The van der Waals surface area contributed by atoms with Crippen molar-refractivity contribution in [1.29, 1.82) is 0 Å². The van der Waals surface area contributed by atoms with Crippen LogP contribution in [0, 0.1) is 6.92 Å². The molecular weight excluding hydrogens is 391 g/mol. The Morgan fingerprint density at radius 2 is 2.19 bits per heavy atom. The minimum Gasteiger partial charge on any atom is -0.437 e. The third-order valence-electron chi connectivity index (χ3n) is 6.21. The van der Waals surface area contributed by atoms with E-state index in [4.69, 9.17) is 4.74 Å². The zero-order chi connectivity index (χ0) is 22.0. The van der Waals surface area contributed by atoms with Crippen molar-refractivity contribution in [2.45, 2.75) is 52.7 Å². The number of benzene rings is 1. The summed E-state index contributed by atoms with van der Waals surface area (Å²) >= 11 is 0. The average molecular weight is 420 g/mol. The highest BCUT2D eigenvalue weighted by molar-refractivity contribution is 6.45. The standard InChI is InChI=1S/C23H29BN4O3/c1-4-27(24(3)30)14-18-12-25-13-20(16(18)2)17-8-9-22-19(11-17)21(15-29)26-28(22)23-7-5-6-10-31-23/h8-9,11-13,15,23,30H,4-7,10,14H2,1-3H3. The van der Waals surface area contributed by atoms with Crippen molar-refractivity contribution in [3.63, 3.8) is 0 Å². The third-order valence-corrected chi connectivity index (χ3v) is 6.21. The Morgan fingerprint density at radius 3 is 2.87 bits per heavy atom.